The van der Waals surface area contributed by atoms with Crippen LogP contribution in [0.2, 0.25) is 5.02 Å². The minimum Gasteiger partial charge on any atom is -0.341 e. The second-order valence-corrected chi connectivity index (χ2v) is 9.51. The van der Waals surface area contributed by atoms with Crippen molar-refractivity contribution >= 4 is 38.2 Å². The number of hydrogen-bond acceptors (Lipinski definition) is 3. The number of halogens is 1. The molecule has 0 spiro atoms. The second-order valence-electron chi connectivity index (χ2n) is 7.12. The van der Waals surface area contributed by atoms with Gasteiger partial charge in [-0.3, -0.25) is 4.79 Å². The van der Waals surface area contributed by atoms with Gasteiger partial charge in [0.05, 0.1) is 10.6 Å². The van der Waals surface area contributed by atoms with Crippen molar-refractivity contribution in [3.63, 3.8) is 0 Å². The van der Waals surface area contributed by atoms with Crippen molar-refractivity contribution in [1.82, 2.24) is 9.47 Å². The third-order valence-electron chi connectivity index (χ3n) is 5.10. The van der Waals surface area contributed by atoms with Crippen molar-refractivity contribution < 1.29 is 13.2 Å². The van der Waals surface area contributed by atoms with E-state index in [0.29, 0.717) is 16.0 Å². The zero-order valence-electron chi connectivity index (χ0n) is 15.3. The van der Waals surface area contributed by atoms with Crippen LogP contribution in [-0.4, -0.2) is 36.9 Å². The van der Waals surface area contributed by atoms with E-state index >= 15 is 0 Å². The summed E-state index contributed by atoms with van der Waals surface area (Å²) in [6, 6.07) is 14.2. The maximum atomic E-state index is 13.1. The highest BCUT2D eigenvalue weighted by Crippen LogP contribution is 2.28. The highest BCUT2D eigenvalue weighted by Gasteiger charge is 2.24. The summed E-state index contributed by atoms with van der Waals surface area (Å²) in [5.41, 5.74) is 1.39. The number of benzene rings is 2. The molecule has 0 radical (unpaired) electrons. The number of rotatable bonds is 5. The molecule has 2 heterocycles. The number of likely N-dealkylation sites (tertiary alicyclic amines) is 1. The normalized spacial score (nSPS) is 14.7. The van der Waals surface area contributed by atoms with Gasteiger partial charge >= 0.3 is 0 Å². The predicted molar refractivity (Wildman–Crippen MR) is 110 cm³/mol. The van der Waals surface area contributed by atoms with Crippen molar-refractivity contribution in [3.8, 4) is 0 Å². The summed E-state index contributed by atoms with van der Waals surface area (Å²) in [5, 5.41) is 1.14. The third-order valence-corrected chi connectivity index (χ3v) is 7.04. The van der Waals surface area contributed by atoms with Gasteiger partial charge in [0.2, 0.25) is 5.91 Å². The van der Waals surface area contributed by atoms with E-state index in [9.17, 15) is 13.2 Å². The maximum absolute atomic E-state index is 13.1. The minimum atomic E-state index is -3.60. The Hall–Kier alpha value is -2.31. The topological polar surface area (TPSA) is 59.4 Å². The average Bonchev–Trinajstić information content (AvgIpc) is 3.30. The Kier molecular flexibility index (Phi) is 5.17. The lowest BCUT2D eigenvalue weighted by Gasteiger charge is -2.15. The van der Waals surface area contributed by atoms with Crippen LogP contribution in [0.25, 0.3) is 10.9 Å². The fourth-order valence-electron chi connectivity index (χ4n) is 3.73. The van der Waals surface area contributed by atoms with E-state index < -0.39 is 9.84 Å². The van der Waals surface area contributed by atoms with E-state index in [1.165, 1.54) is 0 Å². The lowest BCUT2D eigenvalue weighted by atomic mass is 10.2. The minimum absolute atomic E-state index is 0.0250. The molecular weight excluding hydrogens is 396 g/mol. The van der Waals surface area contributed by atoms with Gasteiger partial charge < -0.3 is 9.47 Å². The number of carbonyl (C=O) groups is 1. The standard InChI is InChI=1S/C21H21ClN2O3S/c22-17-7-5-6-16(12-17)15-28(26,27)20-13-24(19-9-2-1-8-18(19)20)14-21(25)23-10-3-4-11-23/h1-2,5-9,12-13H,3-4,10-11,14-15H2. The quantitative estimate of drug-likeness (QED) is 0.634. The Morgan fingerprint density at radius 3 is 2.54 bits per heavy atom. The first-order valence-electron chi connectivity index (χ1n) is 9.27. The maximum Gasteiger partial charge on any atom is 0.242 e. The van der Waals surface area contributed by atoms with Gasteiger partial charge in [-0.05, 0) is 36.6 Å². The summed E-state index contributed by atoms with van der Waals surface area (Å²) >= 11 is 6.00. The van der Waals surface area contributed by atoms with Crippen molar-refractivity contribution in [3.05, 3.63) is 65.3 Å². The van der Waals surface area contributed by atoms with Gasteiger partial charge in [0.25, 0.3) is 0 Å². The van der Waals surface area contributed by atoms with Crippen molar-refractivity contribution in [2.45, 2.75) is 30.0 Å². The Morgan fingerprint density at radius 1 is 1.04 bits per heavy atom. The number of carbonyl (C=O) groups excluding carboxylic acids is 1. The van der Waals surface area contributed by atoms with Crippen LogP contribution in [0.1, 0.15) is 18.4 Å². The molecular formula is C21H21ClN2O3S. The van der Waals surface area contributed by atoms with Crippen LogP contribution in [0.15, 0.2) is 59.6 Å². The van der Waals surface area contributed by atoms with Gasteiger partial charge in [-0.2, -0.15) is 0 Å². The Labute approximate surface area is 169 Å². The lowest BCUT2D eigenvalue weighted by Crippen LogP contribution is -2.30. The van der Waals surface area contributed by atoms with Crippen molar-refractivity contribution in [2.24, 2.45) is 0 Å². The van der Waals surface area contributed by atoms with Gasteiger partial charge in [0.1, 0.15) is 6.54 Å². The molecule has 1 amide bonds. The predicted octanol–water partition coefficient (Wildman–Crippen LogP) is 3.89. The largest absolute Gasteiger partial charge is 0.341 e. The van der Waals surface area contributed by atoms with Crippen LogP contribution < -0.4 is 0 Å². The third kappa shape index (κ3) is 3.80. The summed E-state index contributed by atoms with van der Waals surface area (Å²) in [5.74, 6) is -0.112. The van der Waals surface area contributed by atoms with E-state index in [4.69, 9.17) is 11.6 Å². The summed E-state index contributed by atoms with van der Waals surface area (Å²) < 4.78 is 28.0. The number of amides is 1. The number of sulfone groups is 1. The van der Waals surface area contributed by atoms with Crippen molar-refractivity contribution in [1.29, 1.82) is 0 Å². The molecule has 7 heteroatoms. The number of para-hydroxylation sites is 1. The molecule has 5 nitrogen and oxygen atoms in total. The highest BCUT2D eigenvalue weighted by atomic mass is 35.5. The van der Waals surface area contributed by atoms with Gasteiger partial charge in [0.15, 0.2) is 9.84 Å². The molecule has 1 fully saturated rings. The second kappa shape index (κ2) is 7.60. The van der Waals surface area contributed by atoms with Crippen LogP contribution in [-0.2, 0) is 26.9 Å². The van der Waals surface area contributed by atoms with E-state index in [1.54, 1.807) is 41.1 Å². The first kappa shape index (κ1) is 19.0. The van der Waals surface area contributed by atoms with Crippen LogP contribution in [0.3, 0.4) is 0 Å². The van der Waals surface area contributed by atoms with E-state index in [-0.39, 0.29) is 23.1 Å². The molecule has 0 unspecified atom stereocenters. The van der Waals surface area contributed by atoms with Crippen LogP contribution >= 0.6 is 11.6 Å². The first-order chi connectivity index (χ1) is 13.4. The number of hydrogen-bond donors (Lipinski definition) is 0. The first-order valence-corrected chi connectivity index (χ1v) is 11.3. The molecule has 0 bridgehead atoms. The number of fused-ring (bicyclic) bond motifs is 1. The molecule has 0 N–H and O–H groups in total. The number of aromatic nitrogens is 1. The molecule has 0 saturated carbocycles. The van der Waals surface area contributed by atoms with Crippen LogP contribution in [0.5, 0.6) is 0 Å². The Balaban J connectivity index is 1.70. The zero-order chi connectivity index (χ0) is 19.7. The van der Waals surface area contributed by atoms with E-state index in [2.05, 4.69) is 0 Å². The van der Waals surface area contributed by atoms with Gasteiger partial charge in [-0.1, -0.05) is 41.9 Å². The van der Waals surface area contributed by atoms with Crippen molar-refractivity contribution in [2.75, 3.05) is 13.1 Å². The molecule has 1 aromatic heterocycles. The molecule has 1 aliphatic rings. The smallest absolute Gasteiger partial charge is 0.242 e. The van der Waals surface area contributed by atoms with E-state index in [1.807, 2.05) is 23.1 Å². The van der Waals surface area contributed by atoms with Gasteiger partial charge in [-0.15, -0.1) is 0 Å². The Bertz CT molecular complexity index is 1130. The van der Waals surface area contributed by atoms with Gasteiger partial charge in [0, 0.05) is 35.2 Å². The molecule has 1 aliphatic heterocycles. The molecule has 0 atom stereocenters. The fraction of sp³-hybridized carbons (Fsp3) is 0.286. The van der Waals surface area contributed by atoms with Gasteiger partial charge in [-0.25, -0.2) is 8.42 Å². The molecule has 4 rings (SSSR count). The van der Waals surface area contributed by atoms with Crippen LogP contribution in [0.4, 0.5) is 0 Å². The molecule has 1 saturated heterocycles. The molecule has 0 aliphatic carbocycles. The van der Waals surface area contributed by atoms with Crippen LogP contribution in [0, 0.1) is 0 Å². The Morgan fingerprint density at radius 2 is 1.79 bits per heavy atom. The SMILES string of the molecule is O=C(Cn1cc(S(=O)(=O)Cc2cccc(Cl)c2)c2ccccc21)N1CCCC1. The summed E-state index contributed by atoms with van der Waals surface area (Å²) in [6.45, 7) is 1.70. The summed E-state index contributed by atoms with van der Waals surface area (Å²) in [7, 11) is -3.60. The monoisotopic (exact) mass is 416 g/mol. The lowest BCUT2D eigenvalue weighted by molar-refractivity contribution is -0.130. The highest BCUT2D eigenvalue weighted by molar-refractivity contribution is 7.90. The molecule has 3 aromatic rings. The molecule has 2 aromatic carbocycles. The zero-order valence-corrected chi connectivity index (χ0v) is 16.9. The molecule has 28 heavy (non-hydrogen) atoms. The number of nitrogens with zero attached hydrogens (tertiary/aromatic N) is 2. The average molecular weight is 417 g/mol. The van der Waals surface area contributed by atoms with E-state index in [0.717, 1.165) is 31.4 Å². The fourth-order valence-corrected chi connectivity index (χ4v) is 5.51. The molecule has 146 valence electrons. The summed E-state index contributed by atoms with van der Waals surface area (Å²) in [6.07, 6.45) is 3.65. The summed E-state index contributed by atoms with van der Waals surface area (Å²) in [4.78, 5) is 14.7.